The first kappa shape index (κ1) is 21.6. The lowest BCUT2D eigenvalue weighted by Crippen LogP contribution is -2.09. The lowest BCUT2D eigenvalue weighted by Gasteiger charge is -2.14. The molecule has 0 aliphatic heterocycles. The van der Waals surface area contributed by atoms with Crippen molar-refractivity contribution in [2.75, 3.05) is 13.2 Å². The second-order valence-electron chi connectivity index (χ2n) is 6.80. The van der Waals surface area contributed by atoms with Gasteiger partial charge in [0.25, 0.3) is 0 Å². The van der Waals surface area contributed by atoms with Crippen LogP contribution in [0.2, 0.25) is 0 Å². The Hall–Kier alpha value is -2.69. The topological polar surface area (TPSA) is 76.0 Å². The molecular weight excluding hydrogens is 356 g/mol. The summed E-state index contributed by atoms with van der Waals surface area (Å²) in [5, 5.41) is 19.6. The average Bonchev–Trinajstić information content (AvgIpc) is 2.68. The second kappa shape index (κ2) is 11.2. The van der Waals surface area contributed by atoms with E-state index in [1.807, 2.05) is 0 Å². The maximum Gasteiger partial charge on any atom is 0.200 e. The van der Waals surface area contributed by atoms with Crippen molar-refractivity contribution in [2.24, 2.45) is 0 Å². The van der Waals surface area contributed by atoms with Crippen molar-refractivity contribution in [1.82, 2.24) is 0 Å². The molecule has 0 spiro atoms. The number of rotatable bonds is 12. The number of hydrogen-bond acceptors (Lipinski definition) is 5. The molecule has 2 rings (SSSR count). The van der Waals surface area contributed by atoms with Gasteiger partial charge in [0, 0.05) is 12.1 Å². The highest BCUT2D eigenvalue weighted by Crippen LogP contribution is 2.31. The molecule has 2 aromatic rings. The van der Waals surface area contributed by atoms with Crippen molar-refractivity contribution < 1.29 is 24.5 Å². The van der Waals surface area contributed by atoms with Gasteiger partial charge in [-0.25, -0.2) is 0 Å². The average molecular weight is 386 g/mol. The SMILES string of the molecule is CCCCCOc1cc(O)ccc1C(=O)c1ccc(O)cc1OCCCCC. The van der Waals surface area contributed by atoms with Crippen LogP contribution in [0.3, 0.4) is 0 Å². The third-order valence-corrected chi connectivity index (χ3v) is 4.43. The first-order valence-corrected chi connectivity index (χ1v) is 10.0. The predicted molar refractivity (Wildman–Crippen MR) is 110 cm³/mol. The largest absolute Gasteiger partial charge is 0.508 e. The van der Waals surface area contributed by atoms with Crippen LogP contribution in [0.1, 0.15) is 68.3 Å². The van der Waals surface area contributed by atoms with E-state index in [1.165, 1.54) is 24.3 Å². The van der Waals surface area contributed by atoms with Crippen LogP contribution in [0.15, 0.2) is 36.4 Å². The lowest BCUT2D eigenvalue weighted by molar-refractivity contribution is 0.103. The van der Waals surface area contributed by atoms with Crippen molar-refractivity contribution >= 4 is 5.78 Å². The second-order valence-corrected chi connectivity index (χ2v) is 6.80. The van der Waals surface area contributed by atoms with Gasteiger partial charge in [-0.2, -0.15) is 0 Å². The summed E-state index contributed by atoms with van der Waals surface area (Å²) in [5.74, 6) is 0.528. The van der Waals surface area contributed by atoms with Gasteiger partial charge in [-0.1, -0.05) is 39.5 Å². The molecule has 0 amide bonds. The Morgan fingerprint density at radius 1 is 0.750 bits per heavy atom. The Morgan fingerprint density at radius 2 is 1.18 bits per heavy atom. The highest BCUT2D eigenvalue weighted by Gasteiger charge is 2.20. The molecule has 5 heteroatoms. The van der Waals surface area contributed by atoms with Crippen molar-refractivity contribution in [2.45, 2.75) is 52.4 Å². The predicted octanol–water partition coefficient (Wildman–Crippen LogP) is 5.47. The number of ketones is 1. The summed E-state index contributed by atoms with van der Waals surface area (Å²) in [4.78, 5) is 13.2. The molecule has 5 nitrogen and oxygen atoms in total. The first-order valence-electron chi connectivity index (χ1n) is 10.0. The molecule has 2 aromatic carbocycles. The van der Waals surface area contributed by atoms with Gasteiger partial charge >= 0.3 is 0 Å². The molecule has 0 aromatic heterocycles. The maximum atomic E-state index is 13.2. The molecule has 2 N–H and O–H groups in total. The number of aromatic hydroxyl groups is 2. The van der Waals surface area contributed by atoms with E-state index in [2.05, 4.69) is 13.8 Å². The molecular formula is C23H30O5. The number of carbonyl (C=O) groups is 1. The lowest BCUT2D eigenvalue weighted by atomic mass is 10.0. The van der Waals surface area contributed by atoms with E-state index in [0.29, 0.717) is 35.8 Å². The molecule has 0 atom stereocenters. The number of benzene rings is 2. The van der Waals surface area contributed by atoms with Gasteiger partial charge in [-0.3, -0.25) is 4.79 Å². The van der Waals surface area contributed by atoms with Crippen LogP contribution < -0.4 is 9.47 Å². The molecule has 152 valence electrons. The van der Waals surface area contributed by atoms with Gasteiger partial charge in [-0.15, -0.1) is 0 Å². The van der Waals surface area contributed by atoms with Gasteiger partial charge in [0.15, 0.2) is 5.78 Å². The van der Waals surface area contributed by atoms with Crippen molar-refractivity contribution in [3.8, 4) is 23.0 Å². The van der Waals surface area contributed by atoms with E-state index in [-0.39, 0.29) is 17.3 Å². The smallest absolute Gasteiger partial charge is 0.200 e. The summed E-state index contributed by atoms with van der Waals surface area (Å²) in [6, 6.07) is 8.96. The number of ether oxygens (including phenoxy) is 2. The van der Waals surface area contributed by atoms with E-state index in [9.17, 15) is 15.0 Å². The van der Waals surface area contributed by atoms with Crippen LogP contribution in [-0.4, -0.2) is 29.2 Å². The van der Waals surface area contributed by atoms with E-state index < -0.39 is 0 Å². The minimum Gasteiger partial charge on any atom is -0.508 e. The van der Waals surface area contributed by atoms with Crippen LogP contribution in [0.25, 0.3) is 0 Å². The standard InChI is InChI=1S/C23H30O5/c1-3-5-7-13-27-21-15-17(24)9-11-19(21)23(26)20-12-10-18(25)16-22(20)28-14-8-6-4-2/h9-12,15-16,24-25H,3-8,13-14H2,1-2H3. The fourth-order valence-electron chi connectivity index (χ4n) is 2.85. The highest BCUT2D eigenvalue weighted by atomic mass is 16.5. The van der Waals surface area contributed by atoms with Crippen LogP contribution in [0.4, 0.5) is 0 Å². The summed E-state index contributed by atoms with van der Waals surface area (Å²) in [5.41, 5.74) is 0.719. The van der Waals surface area contributed by atoms with Crippen molar-refractivity contribution in [1.29, 1.82) is 0 Å². The minimum atomic E-state index is -0.268. The number of phenolic OH excluding ortho intramolecular Hbond substituents is 2. The Kier molecular flexibility index (Phi) is 8.66. The van der Waals surface area contributed by atoms with Crippen LogP contribution in [0.5, 0.6) is 23.0 Å². The summed E-state index contributed by atoms with van der Waals surface area (Å²) < 4.78 is 11.5. The summed E-state index contributed by atoms with van der Waals surface area (Å²) >= 11 is 0. The molecule has 0 saturated carbocycles. The van der Waals surface area contributed by atoms with E-state index in [4.69, 9.17) is 9.47 Å². The van der Waals surface area contributed by atoms with E-state index in [0.717, 1.165) is 38.5 Å². The van der Waals surface area contributed by atoms with Crippen LogP contribution in [-0.2, 0) is 0 Å². The Bertz CT molecular complexity index is 706. The zero-order valence-electron chi connectivity index (χ0n) is 16.7. The van der Waals surface area contributed by atoms with Crippen LogP contribution in [0, 0.1) is 0 Å². The fraction of sp³-hybridized carbons (Fsp3) is 0.435. The Balaban J connectivity index is 2.25. The molecule has 0 unspecified atom stereocenters. The Labute approximate surface area is 166 Å². The number of unbranched alkanes of at least 4 members (excludes halogenated alkanes) is 4. The monoisotopic (exact) mass is 386 g/mol. The minimum absolute atomic E-state index is 0.0452. The van der Waals surface area contributed by atoms with Gasteiger partial charge in [0.2, 0.25) is 0 Å². The van der Waals surface area contributed by atoms with Crippen molar-refractivity contribution in [3.63, 3.8) is 0 Å². The van der Waals surface area contributed by atoms with Gasteiger partial charge in [-0.05, 0) is 37.1 Å². The summed E-state index contributed by atoms with van der Waals surface area (Å²) in [6.07, 6.45) is 5.98. The Morgan fingerprint density at radius 3 is 1.57 bits per heavy atom. The number of hydrogen-bond donors (Lipinski definition) is 2. The first-order chi connectivity index (χ1) is 13.6. The molecule has 28 heavy (non-hydrogen) atoms. The summed E-state index contributed by atoms with van der Waals surface area (Å²) in [6.45, 7) is 5.17. The zero-order chi connectivity index (χ0) is 20.4. The highest BCUT2D eigenvalue weighted by molar-refractivity contribution is 6.12. The number of phenols is 2. The molecule has 0 saturated heterocycles. The van der Waals surface area contributed by atoms with Crippen LogP contribution >= 0.6 is 0 Å². The van der Waals surface area contributed by atoms with Gasteiger partial charge in [0.1, 0.15) is 23.0 Å². The molecule has 0 aliphatic rings. The third kappa shape index (κ3) is 6.19. The molecule has 0 heterocycles. The quantitative estimate of drug-likeness (QED) is 0.374. The molecule has 0 fully saturated rings. The van der Waals surface area contributed by atoms with Crippen molar-refractivity contribution in [3.05, 3.63) is 47.5 Å². The van der Waals surface area contributed by atoms with Gasteiger partial charge in [0.05, 0.1) is 24.3 Å². The number of carbonyl (C=O) groups excluding carboxylic acids is 1. The molecule has 0 bridgehead atoms. The fourth-order valence-corrected chi connectivity index (χ4v) is 2.85. The molecule has 0 aliphatic carbocycles. The van der Waals surface area contributed by atoms with E-state index >= 15 is 0 Å². The maximum absolute atomic E-state index is 13.2. The summed E-state index contributed by atoms with van der Waals surface area (Å²) in [7, 11) is 0. The van der Waals surface area contributed by atoms with Gasteiger partial charge < -0.3 is 19.7 Å². The third-order valence-electron chi connectivity index (χ3n) is 4.43. The normalized spacial score (nSPS) is 10.6. The zero-order valence-corrected chi connectivity index (χ0v) is 16.7. The van der Waals surface area contributed by atoms with E-state index in [1.54, 1.807) is 12.1 Å². The molecule has 0 radical (unpaired) electrons.